The molecule has 1 heterocycles. The molecule has 0 spiro atoms. The zero-order valence-corrected chi connectivity index (χ0v) is 16.7. The van der Waals surface area contributed by atoms with Crippen LogP contribution in [0.1, 0.15) is 43.0 Å². The Balaban J connectivity index is 1.67. The van der Waals surface area contributed by atoms with E-state index < -0.39 is 27.4 Å². The SMILES string of the molecule is CCOC(=O)c1cc2cccc(OCC3(C4(S(=O)O)CC4)CC3)c2n(C)c1=O. The molecule has 0 radical (unpaired) electrons. The van der Waals surface area contributed by atoms with E-state index in [1.165, 1.54) is 10.6 Å². The van der Waals surface area contributed by atoms with Gasteiger partial charge in [0, 0.05) is 17.8 Å². The Labute approximate surface area is 164 Å². The van der Waals surface area contributed by atoms with Crippen molar-refractivity contribution in [2.24, 2.45) is 12.5 Å². The van der Waals surface area contributed by atoms with Gasteiger partial charge in [0.05, 0.1) is 23.5 Å². The second-order valence-electron chi connectivity index (χ2n) is 7.65. The van der Waals surface area contributed by atoms with Gasteiger partial charge in [-0.25, -0.2) is 9.00 Å². The van der Waals surface area contributed by atoms with Gasteiger partial charge in [-0.3, -0.25) is 4.79 Å². The smallest absolute Gasteiger partial charge is 0.343 e. The summed E-state index contributed by atoms with van der Waals surface area (Å²) in [5, 5.41) is 0.694. The summed E-state index contributed by atoms with van der Waals surface area (Å²) in [4.78, 5) is 24.7. The molecule has 1 aromatic carbocycles. The third-order valence-corrected chi connectivity index (χ3v) is 7.57. The van der Waals surface area contributed by atoms with E-state index >= 15 is 0 Å². The maximum Gasteiger partial charge on any atom is 0.343 e. The molecular formula is C20H23NO6S. The van der Waals surface area contributed by atoms with Crippen molar-refractivity contribution in [1.82, 2.24) is 4.57 Å². The number of aryl methyl sites for hydroxylation is 1. The lowest BCUT2D eigenvalue weighted by Gasteiger charge is -2.24. The number of fused-ring (bicyclic) bond motifs is 1. The predicted molar refractivity (Wildman–Crippen MR) is 105 cm³/mol. The Morgan fingerprint density at radius 2 is 2.00 bits per heavy atom. The third kappa shape index (κ3) is 2.86. The highest BCUT2D eigenvalue weighted by atomic mass is 32.2. The quantitative estimate of drug-likeness (QED) is 0.562. The highest BCUT2D eigenvalue weighted by Crippen LogP contribution is 2.66. The van der Waals surface area contributed by atoms with Gasteiger partial charge < -0.3 is 18.6 Å². The predicted octanol–water partition coefficient (Wildman–Crippen LogP) is 2.63. The molecule has 1 aromatic heterocycles. The van der Waals surface area contributed by atoms with E-state index in [9.17, 15) is 18.4 Å². The topological polar surface area (TPSA) is 94.8 Å². The van der Waals surface area contributed by atoms with Crippen LogP contribution in [0.2, 0.25) is 0 Å². The van der Waals surface area contributed by atoms with Crippen LogP contribution in [-0.2, 0) is 22.9 Å². The molecule has 1 atom stereocenters. The number of carbonyl (C=O) groups excluding carboxylic acids is 1. The van der Waals surface area contributed by atoms with E-state index in [1.807, 2.05) is 6.07 Å². The summed E-state index contributed by atoms with van der Waals surface area (Å²) in [6.45, 7) is 2.22. The Kier molecular flexibility index (Phi) is 4.58. The molecule has 2 aromatic rings. The minimum absolute atomic E-state index is 0.0136. The number of rotatable bonds is 7. The first kappa shape index (κ1) is 19.1. The van der Waals surface area contributed by atoms with Gasteiger partial charge in [0.2, 0.25) is 0 Å². The van der Waals surface area contributed by atoms with Crippen LogP contribution in [-0.4, -0.2) is 37.3 Å². The summed E-state index contributed by atoms with van der Waals surface area (Å²) >= 11 is -1.86. The number of hydrogen-bond donors (Lipinski definition) is 1. The van der Waals surface area contributed by atoms with Gasteiger partial charge in [0.1, 0.15) is 11.3 Å². The number of nitrogens with zero attached hydrogens (tertiary/aromatic N) is 1. The summed E-state index contributed by atoms with van der Waals surface area (Å²) < 4.78 is 33.4. The first-order valence-electron chi connectivity index (χ1n) is 9.39. The van der Waals surface area contributed by atoms with Crippen molar-refractivity contribution in [1.29, 1.82) is 0 Å². The number of aromatic nitrogens is 1. The molecule has 0 saturated heterocycles. The lowest BCUT2D eigenvalue weighted by atomic mass is 10.0. The number of carbonyl (C=O) groups is 1. The fourth-order valence-corrected chi connectivity index (χ4v) is 5.17. The molecule has 0 amide bonds. The van der Waals surface area contributed by atoms with Crippen molar-refractivity contribution in [3.8, 4) is 5.75 Å². The molecule has 0 bridgehead atoms. The summed E-state index contributed by atoms with van der Waals surface area (Å²) in [6.07, 6.45) is 3.23. The molecule has 2 fully saturated rings. The van der Waals surface area contributed by atoms with Crippen LogP contribution in [0.5, 0.6) is 5.75 Å². The number of benzene rings is 1. The highest BCUT2D eigenvalue weighted by molar-refractivity contribution is 7.81. The largest absolute Gasteiger partial charge is 0.491 e. The second-order valence-corrected chi connectivity index (χ2v) is 8.93. The molecule has 7 nitrogen and oxygen atoms in total. The Bertz CT molecular complexity index is 1030. The Hall–Kier alpha value is -2.19. The number of esters is 1. The maximum atomic E-state index is 12.7. The van der Waals surface area contributed by atoms with E-state index in [2.05, 4.69) is 0 Å². The average molecular weight is 405 g/mol. The van der Waals surface area contributed by atoms with Gasteiger partial charge in [-0.05, 0) is 44.7 Å². The van der Waals surface area contributed by atoms with Crippen molar-refractivity contribution in [3.05, 3.63) is 40.2 Å². The van der Waals surface area contributed by atoms with Crippen LogP contribution in [0.4, 0.5) is 0 Å². The van der Waals surface area contributed by atoms with Gasteiger partial charge in [-0.2, -0.15) is 0 Å². The minimum Gasteiger partial charge on any atom is -0.491 e. The molecule has 1 N–H and O–H groups in total. The first-order chi connectivity index (χ1) is 13.3. The first-order valence-corrected chi connectivity index (χ1v) is 10.5. The van der Waals surface area contributed by atoms with E-state index in [0.29, 0.717) is 23.3 Å². The van der Waals surface area contributed by atoms with Crippen molar-refractivity contribution in [2.75, 3.05) is 13.2 Å². The van der Waals surface area contributed by atoms with Crippen LogP contribution < -0.4 is 10.3 Å². The summed E-state index contributed by atoms with van der Waals surface area (Å²) in [5.41, 5.74) is -0.136. The zero-order valence-electron chi connectivity index (χ0n) is 15.9. The van der Waals surface area contributed by atoms with Crippen LogP contribution in [0, 0.1) is 5.41 Å². The summed E-state index contributed by atoms with van der Waals surface area (Å²) in [7, 11) is 1.60. The van der Waals surface area contributed by atoms with Gasteiger partial charge in [-0.1, -0.05) is 12.1 Å². The minimum atomic E-state index is -1.86. The lowest BCUT2D eigenvalue weighted by molar-refractivity contribution is 0.0524. The van der Waals surface area contributed by atoms with E-state index in [4.69, 9.17) is 9.47 Å². The van der Waals surface area contributed by atoms with Gasteiger partial charge in [0.15, 0.2) is 11.1 Å². The van der Waals surface area contributed by atoms with E-state index in [1.54, 1.807) is 26.1 Å². The number of para-hydroxylation sites is 1. The fraction of sp³-hybridized carbons (Fsp3) is 0.500. The Morgan fingerprint density at radius 1 is 1.29 bits per heavy atom. The van der Waals surface area contributed by atoms with Gasteiger partial charge in [0.25, 0.3) is 5.56 Å². The zero-order chi connectivity index (χ0) is 20.1. The number of ether oxygens (including phenoxy) is 2. The van der Waals surface area contributed by atoms with E-state index in [0.717, 1.165) is 25.7 Å². The monoisotopic (exact) mass is 405 g/mol. The Morgan fingerprint density at radius 3 is 2.57 bits per heavy atom. The molecule has 8 heteroatoms. The second kappa shape index (κ2) is 6.70. The molecule has 2 aliphatic carbocycles. The average Bonchev–Trinajstić information content (AvgIpc) is 3.56. The van der Waals surface area contributed by atoms with E-state index in [-0.39, 0.29) is 17.6 Å². The molecular weight excluding hydrogens is 382 g/mol. The number of pyridine rings is 1. The van der Waals surface area contributed by atoms with Crippen molar-refractivity contribution in [3.63, 3.8) is 0 Å². The standard InChI is InChI=1S/C20H23NO6S/c1-3-26-18(23)14-11-13-5-4-6-15(16(13)21(2)17(14)22)27-12-19(7-8-19)20(9-10-20)28(24)25/h4-6,11H,3,7-10,12H2,1-2H3,(H,24,25). The normalized spacial score (nSPS) is 19.8. The molecule has 2 saturated carbocycles. The number of hydrogen-bond acceptors (Lipinski definition) is 5. The molecule has 1 unspecified atom stereocenters. The molecule has 150 valence electrons. The van der Waals surface area contributed by atoms with Crippen molar-refractivity contribution >= 4 is 28.0 Å². The lowest BCUT2D eigenvalue weighted by Crippen LogP contribution is -2.34. The summed E-state index contributed by atoms with van der Waals surface area (Å²) in [5.74, 6) is -0.118. The third-order valence-electron chi connectivity index (χ3n) is 6.06. The van der Waals surface area contributed by atoms with Gasteiger partial charge in [-0.15, -0.1) is 0 Å². The highest BCUT2D eigenvalue weighted by Gasteiger charge is 2.69. The van der Waals surface area contributed by atoms with Crippen molar-refractivity contribution < 1.29 is 23.0 Å². The van der Waals surface area contributed by atoms with Crippen molar-refractivity contribution in [2.45, 2.75) is 37.4 Å². The van der Waals surface area contributed by atoms with Crippen LogP contribution in [0.3, 0.4) is 0 Å². The van der Waals surface area contributed by atoms with Gasteiger partial charge >= 0.3 is 5.97 Å². The van der Waals surface area contributed by atoms with Crippen LogP contribution in [0.15, 0.2) is 29.1 Å². The summed E-state index contributed by atoms with van der Waals surface area (Å²) in [6, 6.07) is 6.91. The molecule has 28 heavy (non-hydrogen) atoms. The fourth-order valence-electron chi connectivity index (χ4n) is 4.09. The van der Waals surface area contributed by atoms with Crippen LogP contribution >= 0.6 is 0 Å². The molecule has 2 aliphatic rings. The molecule has 4 rings (SSSR count). The molecule has 0 aliphatic heterocycles. The maximum absolute atomic E-state index is 12.7. The van der Waals surface area contributed by atoms with Crippen LogP contribution in [0.25, 0.3) is 10.9 Å².